The van der Waals surface area contributed by atoms with E-state index in [4.69, 9.17) is 14.9 Å². The van der Waals surface area contributed by atoms with Crippen molar-refractivity contribution >= 4 is 11.1 Å². The van der Waals surface area contributed by atoms with E-state index >= 15 is 0 Å². The van der Waals surface area contributed by atoms with Gasteiger partial charge < -0.3 is 14.9 Å². The van der Waals surface area contributed by atoms with Crippen molar-refractivity contribution in [1.82, 2.24) is 4.98 Å². The second-order valence-corrected chi connectivity index (χ2v) is 6.54. The lowest BCUT2D eigenvalue weighted by Crippen LogP contribution is -2.32. The molecule has 0 bridgehead atoms. The van der Waals surface area contributed by atoms with Gasteiger partial charge in [-0.25, -0.2) is 4.98 Å². The molecule has 4 heteroatoms. The third-order valence-electron chi connectivity index (χ3n) is 4.65. The van der Waals surface area contributed by atoms with Gasteiger partial charge in [0.05, 0.1) is 12.7 Å². The highest BCUT2D eigenvalue weighted by molar-refractivity contribution is 5.75. The standard InChI is InChI=1S/C20H22N2O2/c21-16-4-3-5-17(12-16)23-13-14-8-10-15(11-9-14)20-22-18-6-1-2-7-19(18)24-20/h1-2,6-11,16-17H,3-5,12-13,21H2/t16-,17-/m1/s1. The fraction of sp³-hybridized carbons (Fsp3) is 0.350. The largest absolute Gasteiger partial charge is 0.436 e. The molecule has 0 saturated heterocycles. The SMILES string of the molecule is N[C@@H]1CCC[C@@H](OCc2ccc(-c3nc4ccccc4o3)cc2)C1. The Morgan fingerprint density at radius 2 is 1.92 bits per heavy atom. The molecular formula is C20H22N2O2. The minimum absolute atomic E-state index is 0.297. The Hall–Kier alpha value is -2.17. The number of benzene rings is 2. The van der Waals surface area contributed by atoms with E-state index < -0.39 is 0 Å². The first kappa shape index (κ1) is 15.4. The van der Waals surface area contributed by atoms with E-state index in [1.807, 2.05) is 36.4 Å². The van der Waals surface area contributed by atoms with Crippen LogP contribution in [0, 0.1) is 0 Å². The van der Waals surface area contributed by atoms with E-state index in [9.17, 15) is 0 Å². The number of nitrogens with zero attached hydrogens (tertiary/aromatic N) is 1. The van der Waals surface area contributed by atoms with Crippen LogP contribution in [0.2, 0.25) is 0 Å². The quantitative estimate of drug-likeness (QED) is 0.778. The first-order chi connectivity index (χ1) is 11.8. The first-order valence-corrected chi connectivity index (χ1v) is 8.60. The highest BCUT2D eigenvalue weighted by Crippen LogP contribution is 2.25. The molecule has 1 heterocycles. The molecule has 1 aliphatic rings. The molecular weight excluding hydrogens is 300 g/mol. The molecule has 0 unspecified atom stereocenters. The van der Waals surface area contributed by atoms with E-state index in [1.54, 1.807) is 0 Å². The summed E-state index contributed by atoms with van der Waals surface area (Å²) in [5.41, 5.74) is 9.85. The number of ether oxygens (including phenoxy) is 1. The molecule has 4 nitrogen and oxygen atoms in total. The topological polar surface area (TPSA) is 61.3 Å². The van der Waals surface area contributed by atoms with Crippen molar-refractivity contribution in [2.75, 3.05) is 0 Å². The van der Waals surface area contributed by atoms with Crippen molar-refractivity contribution in [1.29, 1.82) is 0 Å². The normalized spacial score (nSPS) is 21.2. The molecule has 2 aromatic carbocycles. The molecule has 3 aromatic rings. The summed E-state index contributed by atoms with van der Waals surface area (Å²) in [5.74, 6) is 0.655. The van der Waals surface area contributed by atoms with Crippen LogP contribution < -0.4 is 5.73 Å². The fourth-order valence-corrected chi connectivity index (χ4v) is 3.29. The van der Waals surface area contributed by atoms with Gasteiger partial charge in [-0.1, -0.05) is 24.3 Å². The molecule has 0 amide bonds. The Kier molecular flexibility index (Phi) is 4.32. The van der Waals surface area contributed by atoms with Crippen LogP contribution in [0.5, 0.6) is 0 Å². The number of hydrogen-bond donors (Lipinski definition) is 1. The zero-order valence-corrected chi connectivity index (χ0v) is 13.7. The Bertz CT molecular complexity index is 777. The first-order valence-electron chi connectivity index (χ1n) is 8.60. The van der Waals surface area contributed by atoms with Crippen molar-refractivity contribution in [3.8, 4) is 11.5 Å². The number of aromatic nitrogens is 1. The fourth-order valence-electron chi connectivity index (χ4n) is 3.29. The third kappa shape index (κ3) is 3.35. The van der Waals surface area contributed by atoms with Crippen LogP contribution in [0.4, 0.5) is 0 Å². The number of fused-ring (bicyclic) bond motifs is 1. The summed E-state index contributed by atoms with van der Waals surface area (Å²) < 4.78 is 11.8. The Labute approximate surface area is 141 Å². The number of rotatable bonds is 4. The lowest BCUT2D eigenvalue weighted by atomic mass is 9.93. The molecule has 1 aliphatic carbocycles. The predicted molar refractivity (Wildman–Crippen MR) is 94.5 cm³/mol. The van der Waals surface area contributed by atoms with Gasteiger partial charge >= 0.3 is 0 Å². The van der Waals surface area contributed by atoms with Gasteiger partial charge in [0.1, 0.15) is 5.52 Å². The Balaban J connectivity index is 1.42. The summed E-state index contributed by atoms with van der Waals surface area (Å²) in [7, 11) is 0. The Morgan fingerprint density at radius 1 is 1.08 bits per heavy atom. The van der Waals surface area contributed by atoms with Gasteiger partial charge in [-0.3, -0.25) is 0 Å². The van der Waals surface area contributed by atoms with Crippen LogP contribution >= 0.6 is 0 Å². The molecule has 4 rings (SSSR count). The van der Waals surface area contributed by atoms with Crippen molar-refractivity contribution < 1.29 is 9.15 Å². The summed E-state index contributed by atoms with van der Waals surface area (Å²) >= 11 is 0. The molecule has 0 spiro atoms. The van der Waals surface area contributed by atoms with Crippen molar-refractivity contribution in [2.45, 2.75) is 44.4 Å². The monoisotopic (exact) mass is 322 g/mol. The molecule has 2 atom stereocenters. The van der Waals surface area contributed by atoms with Crippen LogP contribution in [-0.2, 0) is 11.3 Å². The molecule has 124 valence electrons. The molecule has 2 N–H and O–H groups in total. The number of para-hydroxylation sites is 2. The second-order valence-electron chi connectivity index (χ2n) is 6.54. The summed E-state index contributed by atoms with van der Waals surface area (Å²) in [6, 6.07) is 16.3. The molecule has 1 saturated carbocycles. The molecule has 1 aromatic heterocycles. The van der Waals surface area contributed by atoms with Gasteiger partial charge in [0, 0.05) is 11.6 Å². The molecule has 24 heavy (non-hydrogen) atoms. The molecule has 0 radical (unpaired) electrons. The van der Waals surface area contributed by atoms with E-state index in [0.29, 0.717) is 24.6 Å². The zero-order valence-electron chi connectivity index (χ0n) is 13.7. The van der Waals surface area contributed by atoms with Crippen LogP contribution in [0.3, 0.4) is 0 Å². The average molecular weight is 322 g/mol. The number of hydrogen-bond acceptors (Lipinski definition) is 4. The smallest absolute Gasteiger partial charge is 0.227 e. The van der Waals surface area contributed by atoms with Crippen LogP contribution in [0.25, 0.3) is 22.6 Å². The maximum absolute atomic E-state index is 6.01. The molecule has 1 fully saturated rings. The van der Waals surface area contributed by atoms with E-state index in [1.165, 1.54) is 6.42 Å². The molecule has 0 aliphatic heterocycles. The summed E-state index contributed by atoms with van der Waals surface area (Å²) in [5, 5.41) is 0. The summed E-state index contributed by atoms with van der Waals surface area (Å²) in [6.07, 6.45) is 4.68. The van der Waals surface area contributed by atoms with Gasteiger partial charge in [-0.05, 0) is 55.5 Å². The lowest BCUT2D eigenvalue weighted by Gasteiger charge is -2.26. The highest BCUT2D eigenvalue weighted by atomic mass is 16.5. The van der Waals surface area contributed by atoms with Crippen molar-refractivity contribution in [2.24, 2.45) is 5.73 Å². The number of nitrogens with two attached hydrogens (primary N) is 1. The van der Waals surface area contributed by atoms with Gasteiger partial charge in [0.15, 0.2) is 5.58 Å². The van der Waals surface area contributed by atoms with Crippen LogP contribution in [-0.4, -0.2) is 17.1 Å². The zero-order chi connectivity index (χ0) is 16.4. The maximum atomic E-state index is 6.01. The minimum Gasteiger partial charge on any atom is -0.436 e. The number of oxazole rings is 1. The third-order valence-corrected chi connectivity index (χ3v) is 4.65. The van der Waals surface area contributed by atoms with E-state index in [2.05, 4.69) is 17.1 Å². The van der Waals surface area contributed by atoms with Crippen LogP contribution in [0.15, 0.2) is 52.9 Å². The van der Waals surface area contributed by atoms with E-state index in [0.717, 1.165) is 41.5 Å². The van der Waals surface area contributed by atoms with Gasteiger partial charge in [-0.15, -0.1) is 0 Å². The highest BCUT2D eigenvalue weighted by Gasteiger charge is 2.19. The van der Waals surface area contributed by atoms with E-state index in [-0.39, 0.29) is 0 Å². The average Bonchev–Trinajstić information content (AvgIpc) is 3.05. The maximum Gasteiger partial charge on any atom is 0.227 e. The van der Waals surface area contributed by atoms with Crippen molar-refractivity contribution in [3.63, 3.8) is 0 Å². The van der Waals surface area contributed by atoms with Crippen LogP contribution in [0.1, 0.15) is 31.2 Å². The van der Waals surface area contributed by atoms with Crippen molar-refractivity contribution in [3.05, 3.63) is 54.1 Å². The van der Waals surface area contributed by atoms with Gasteiger partial charge in [-0.2, -0.15) is 0 Å². The second kappa shape index (κ2) is 6.75. The van der Waals surface area contributed by atoms with Gasteiger partial charge in [0.2, 0.25) is 5.89 Å². The Morgan fingerprint density at radius 3 is 2.71 bits per heavy atom. The summed E-state index contributed by atoms with van der Waals surface area (Å²) in [6.45, 7) is 0.630. The minimum atomic E-state index is 0.297. The lowest BCUT2D eigenvalue weighted by molar-refractivity contribution is 0.0123. The summed E-state index contributed by atoms with van der Waals surface area (Å²) in [4.78, 5) is 4.53. The van der Waals surface area contributed by atoms with Gasteiger partial charge in [0.25, 0.3) is 0 Å². The predicted octanol–water partition coefficient (Wildman–Crippen LogP) is 4.28.